The van der Waals surface area contributed by atoms with Gasteiger partial charge in [0, 0.05) is 17.5 Å². The molecule has 4 rings (SSSR count). The van der Waals surface area contributed by atoms with Crippen LogP contribution in [0.5, 0.6) is 11.5 Å². The Hall–Kier alpha value is -2.61. The summed E-state index contributed by atoms with van der Waals surface area (Å²) in [6.45, 7) is 0.478. The molecule has 0 bridgehead atoms. The van der Waals surface area contributed by atoms with Crippen LogP contribution in [-0.4, -0.2) is 44.4 Å². The fraction of sp³-hybridized carbons (Fsp3) is 0.375. The number of ether oxygens (including phenoxy) is 2. The molecule has 1 N–H and O–H groups in total. The Morgan fingerprint density at radius 2 is 2.08 bits per heavy atom. The smallest absolute Gasteiger partial charge is 0.182 e. The molecule has 1 fully saturated rings. The molecule has 130 valence electrons. The quantitative estimate of drug-likeness (QED) is 0.726. The van der Waals surface area contributed by atoms with E-state index >= 15 is 0 Å². The molecule has 0 saturated heterocycles. The van der Waals surface area contributed by atoms with E-state index in [1.807, 2.05) is 18.2 Å². The lowest BCUT2D eigenvalue weighted by Gasteiger charge is -2.11. The number of benzene rings is 1. The Labute approximate surface area is 149 Å². The Balaban J connectivity index is 1.74. The maximum atomic E-state index is 6.12. The average molecular weight is 361 g/mol. The molecule has 2 heterocycles. The molecule has 0 spiro atoms. The second-order valence-corrected chi connectivity index (χ2v) is 6.22. The second-order valence-electron chi connectivity index (χ2n) is 5.87. The summed E-state index contributed by atoms with van der Waals surface area (Å²) in [6.07, 6.45) is 2.23. The standard InChI is InChI=1S/C16H17ClN6O2/c1-24-11-6-5-10(12(7-11)25-2)8-23-16(13-14(17)20-22-19-13)18-15(21-23)9-3-4-9/h5-7,9H,3-4,8H2,1-2H3,(H,19,20,22). The van der Waals surface area contributed by atoms with Crippen molar-refractivity contribution in [1.29, 1.82) is 0 Å². The number of hydrogen-bond acceptors (Lipinski definition) is 6. The number of nitrogens with one attached hydrogen (secondary N) is 1. The van der Waals surface area contributed by atoms with Gasteiger partial charge >= 0.3 is 0 Å². The van der Waals surface area contributed by atoms with Gasteiger partial charge in [-0.25, -0.2) is 9.67 Å². The fourth-order valence-electron chi connectivity index (χ4n) is 2.66. The van der Waals surface area contributed by atoms with E-state index in [1.165, 1.54) is 0 Å². The summed E-state index contributed by atoms with van der Waals surface area (Å²) in [4.78, 5) is 4.64. The van der Waals surface area contributed by atoms with Gasteiger partial charge in [0.05, 0.1) is 20.8 Å². The lowest BCUT2D eigenvalue weighted by molar-refractivity contribution is 0.389. The zero-order chi connectivity index (χ0) is 17.4. The number of halogens is 1. The van der Waals surface area contributed by atoms with Gasteiger partial charge in [0.15, 0.2) is 22.5 Å². The van der Waals surface area contributed by atoms with E-state index in [0.717, 1.165) is 35.7 Å². The van der Waals surface area contributed by atoms with E-state index in [2.05, 4.69) is 25.5 Å². The molecule has 1 aromatic carbocycles. The minimum absolute atomic E-state index is 0.276. The van der Waals surface area contributed by atoms with Crippen LogP contribution in [0.4, 0.5) is 0 Å². The molecule has 1 saturated carbocycles. The zero-order valence-corrected chi connectivity index (χ0v) is 14.6. The summed E-state index contributed by atoms with van der Waals surface area (Å²) >= 11 is 6.12. The molecule has 25 heavy (non-hydrogen) atoms. The van der Waals surface area contributed by atoms with Crippen LogP contribution in [0.2, 0.25) is 5.15 Å². The molecule has 9 heteroatoms. The fourth-order valence-corrected chi connectivity index (χ4v) is 2.83. The first-order valence-electron chi connectivity index (χ1n) is 7.92. The second kappa shape index (κ2) is 6.36. The minimum Gasteiger partial charge on any atom is -0.497 e. The number of rotatable bonds is 6. The minimum atomic E-state index is 0.276. The van der Waals surface area contributed by atoms with Crippen LogP contribution in [0.1, 0.15) is 30.1 Å². The van der Waals surface area contributed by atoms with Crippen molar-refractivity contribution in [2.24, 2.45) is 0 Å². The molecule has 0 aliphatic heterocycles. The van der Waals surface area contributed by atoms with Crippen molar-refractivity contribution in [3.8, 4) is 23.0 Å². The van der Waals surface area contributed by atoms with E-state index < -0.39 is 0 Å². The number of H-pyrrole nitrogens is 1. The molecule has 0 unspecified atom stereocenters. The first-order chi connectivity index (χ1) is 12.2. The summed E-state index contributed by atoms with van der Waals surface area (Å²) in [7, 11) is 3.25. The van der Waals surface area contributed by atoms with Crippen molar-refractivity contribution < 1.29 is 9.47 Å². The van der Waals surface area contributed by atoms with E-state index in [-0.39, 0.29) is 5.15 Å². The molecular formula is C16H17ClN6O2. The third-order valence-electron chi connectivity index (χ3n) is 4.16. The van der Waals surface area contributed by atoms with Gasteiger partial charge in [-0.2, -0.15) is 15.4 Å². The van der Waals surface area contributed by atoms with Crippen molar-refractivity contribution in [2.45, 2.75) is 25.3 Å². The average Bonchev–Trinajstić information content (AvgIpc) is 3.27. The van der Waals surface area contributed by atoms with Gasteiger partial charge in [0.25, 0.3) is 0 Å². The van der Waals surface area contributed by atoms with Crippen molar-refractivity contribution in [3.05, 3.63) is 34.7 Å². The maximum absolute atomic E-state index is 6.12. The van der Waals surface area contributed by atoms with Gasteiger partial charge in [-0.05, 0) is 25.0 Å². The summed E-state index contributed by atoms with van der Waals surface area (Å²) in [6, 6.07) is 5.68. The van der Waals surface area contributed by atoms with Gasteiger partial charge in [-0.1, -0.05) is 11.6 Å². The third-order valence-corrected chi connectivity index (χ3v) is 4.43. The van der Waals surface area contributed by atoms with Crippen LogP contribution in [0.15, 0.2) is 18.2 Å². The molecule has 2 aromatic heterocycles. The molecule has 0 amide bonds. The largest absolute Gasteiger partial charge is 0.497 e. The summed E-state index contributed by atoms with van der Waals surface area (Å²) < 4.78 is 12.5. The van der Waals surface area contributed by atoms with Crippen LogP contribution >= 0.6 is 11.6 Å². The van der Waals surface area contributed by atoms with Gasteiger partial charge in [0.1, 0.15) is 11.5 Å². The van der Waals surface area contributed by atoms with E-state index in [1.54, 1.807) is 18.9 Å². The highest BCUT2D eigenvalue weighted by atomic mass is 35.5. The van der Waals surface area contributed by atoms with Crippen LogP contribution < -0.4 is 9.47 Å². The Kier molecular flexibility index (Phi) is 4.04. The highest BCUT2D eigenvalue weighted by molar-refractivity contribution is 6.31. The van der Waals surface area contributed by atoms with Gasteiger partial charge in [-0.15, -0.1) is 5.10 Å². The van der Waals surface area contributed by atoms with E-state index in [0.29, 0.717) is 24.0 Å². The summed E-state index contributed by atoms with van der Waals surface area (Å²) in [5.41, 5.74) is 1.45. The highest BCUT2D eigenvalue weighted by Crippen LogP contribution is 2.39. The summed E-state index contributed by atoms with van der Waals surface area (Å²) in [5, 5.41) is 15.4. The van der Waals surface area contributed by atoms with Crippen LogP contribution in [0.25, 0.3) is 11.5 Å². The Bertz CT molecular complexity index is 902. The maximum Gasteiger partial charge on any atom is 0.182 e. The monoisotopic (exact) mass is 360 g/mol. The first-order valence-corrected chi connectivity index (χ1v) is 8.29. The van der Waals surface area contributed by atoms with Crippen molar-refractivity contribution in [2.75, 3.05) is 14.2 Å². The zero-order valence-electron chi connectivity index (χ0n) is 13.9. The SMILES string of the molecule is COc1ccc(Cn2nc(C3CC3)nc2-c2n[nH]nc2Cl)c(OC)c1. The molecule has 0 atom stereocenters. The first kappa shape index (κ1) is 15.9. The van der Waals surface area contributed by atoms with Crippen LogP contribution in [-0.2, 0) is 6.54 Å². The molecule has 1 aliphatic carbocycles. The van der Waals surface area contributed by atoms with Crippen LogP contribution in [0, 0.1) is 0 Å². The predicted octanol–water partition coefficient (Wildman–Crippen LogP) is 2.66. The number of nitrogens with zero attached hydrogens (tertiary/aromatic N) is 5. The van der Waals surface area contributed by atoms with Crippen LogP contribution in [0.3, 0.4) is 0 Å². The van der Waals surface area contributed by atoms with Crippen molar-refractivity contribution in [1.82, 2.24) is 30.2 Å². The van der Waals surface area contributed by atoms with Crippen molar-refractivity contribution >= 4 is 11.6 Å². The molecule has 1 aliphatic rings. The normalized spacial score (nSPS) is 13.9. The van der Waals surface area contributed by atoms with Gasteiger partial charge in [-0.3, -0.25) is 0 Å². The molecule has 3 aromatic rings. The molecule has 0 radical (unpaired) electrons. The van der Waals surface area contributed by atoms with Gasteiger partial charge in [0.2, 0.25) is 0 Å². The Morgan fingerprint density at radius 3 is 2.72 bits per heavy atom. The molecule has 8 nitrogen and oxygen atoms in total. The number of aromatic amines is 1. The van der Waals surface area contributed by atoms with Gasteiger partial charge < -0.3 is 9.47 Å². The predicted molar refractivity (Wildman–Crippen MR) is 91.0 cm³/mol. The number of hydrogen-bond donors (Lipinski definition) is 1. The highest BCUT2D eigenvalue weighted by Gasteiger charge is 2.30. The lowest BCUT2D eigenvalue weighted by atomic mass is 10.2. The van der Waals surface area contributed by atoms with Crippen molar-refractivity contribution in [3.63, 3.8) is 0 Å². The number of aromatic nitrogens is 6. The third kappa shape index (κ3) is 3.05. The van der Waals surface area contributed by atoms with E-state index in [9.17, 15) is 0 Å². The lowest BCUT2D eigenvalue weighted by Crippen LogP contribution is -2.06. The number of methoxy groups -OCH3 is 2. The summed E-state index contributed by atoms with van der Waals surface area (Å²) in [5.74, 6) is 3.29. The van der Waals surface area contributed by atoms with E-state index in [4.69, 9.17) is 21.1 Å². The Morgan fingerprint density at radius 1 is 1.24 bits per heavy atom. The molecular weight excluding hydrogens is 344 g/mol. The topological polar surface area (TPSA) is 90.7 Å².